The molecule has 2 aromatic rings. The Kier molecular flexibility index (Phi) is 10.5. The average Bonchev–Trinajstić information content (AvgIpc) is 2.68. The first-order valence-corrected chi connectivity index (χ1v) is 11.0. The summed E-state index contributed by atoms with van der Waals surface area (Å²) in [4.78, 5) is 11.9. The molecule has 0 bridgehead atoms. The van der Waals surface area contributed by atoms with Gasteiger partial charge in [-0.25, -0.2) is 4.79 Å². The minimum Gasteiger partial charge on any atom is -0.444 e. The van der Waals surface area contributed by atoms with Crippen LogP contribution < -0.4 is 9.50 Å². The van der Waals surface area contributed by atoms with E-state index in [1.807, 2.05) is 0 Å². The van der Waals surface area contributed by atoms with E-state index in [1.165, 1.54) is 24.3 Å². The molecule has 0 saturated carbocycles. The molecule has 31 heavy (non-hydrogen) atoms. The third-order valence-electron chi connectivity index (χ3n) is 3.58. The topological polar surface area (TPSA) is 111 Å². The van der Waals surface area contributed by atoms with E-state index in [4.69, 9.17) is 8.92 Å². The highest BCUT2D eigenvalue weighted by atomic mass is 32.2. The van der Waals surface area contributed by atoms with E-state index in [9.17, 15) is 18.3 Å². The minimum absolute atomic E-state index is 0.0704. The number of alkyl carbamates (subject to hydrolysis) is 1. The van der Waals surface area contributed by atoms with E-state index >= 15 is 0 Å². The second kappa shape index (κ2) is 12.3. The molecule has 0 aliphatic carbocycles. The van der Waals surface area contributed by atoms with E-state index in [2.05, 4.69) is 10.1 Å². The Balaban J connectivity index is 0.00000151. The lowest BCUT2D eigenvalue weighted by Crippen LogP contribution is -2.42. The molecule has 0 aromatic heterocycles. The van der Waals surface area contributed by atoms with Gasteiger partial charge in [0, 0.05) is 14.2 Å². The van der Waals surface area contributed by atoms with E-state index < -0.39 is 27.9 Å². The Bertz CT molecular complexity index is 892. The second-order valence-corrected chi connectivity index (χ2v) is 9.18. The number of rotatable bonds is 7. The van der Waals surface area contributed by atoms with Crippen molar-refractivity contribution < 1.29 is 32.0 Å². The van der Waals surface area contributed by atoms with Gasteiger partial charge in [-0.3, -0.25) is 0 Å². The van der Waals surface area contributed by atoms with E-state index in [-0.39, 0.29) is 17.3 Å². The summed E-state index contributed by atoms with van der Waals surface area (Å²) in [7, 11) is -0.651. The number of amides is 1. The van der Waals surface area contributed by atoms with Crippen LogP contribution in [0.3, 0.4) is 0 Å². The molecule has 8 nitrogen and oxygen atoms in total. The van der Waals surface area contributed by atoms with Crippen molar-refractivity contribution in [2.45, 2.75) is 43.7 Å². The van der Waals surface area contributed by atoms with Crippen molar-refractivity contribution >= 4 is 16.2 Å². The fraction of sp³-hybridized carbons (Fsp3) is 0.409. The number of methoxy groups -OCH3 is 1. The van der Waals surface area contributed by atoms with Gasteiger partial charge in [-0.05, 0) is 57.0 Å². The van der Waals surface area contributed by atoms with Gasteiger partial charge in [-0.1, -0.05) is 30.3 Å². The molecule has 0 fully saturated rings. The van der Waals surface area contributed by atoms with Crippen LogP contribution in [0.2, 0.25) is 0 Å². The fourth-order valence-corrected chi connectivity index (χ4v) is 3.31. The van der Waals surface area contributed by atoms with E-state index in [0.717, 1.165) is 5.56 Å². The third-order valence-corrected chi connectivity index (χ3v) is 4.85. The molecule has 0 heterocycles. The van der Waals surface area contributed by atoms with Crippen LogP contribution in [0.1, 0.15) is 26.3 Å². The molecule has 0 spiro atoms. The first-order valence-electron chi connectivity index (χ1n) is 9.59. The maximum absolute atomic E-state index is 12.2. The lowest BCUT2D eigenvalue weighted by molar-refractivity contribution is 0.0483. The predicted molar refractivity (Wildman–Crippen MR) is 118 cm³/mol. The maximum Gasteiger partial charge on any atom is 0.407 e. The lowest BCUT2D eigenvalue weighted by Gasteiger charge is -2.22. The quantitative estimate of drug-likeness (QED) is 0.620. The Morgan fingerprint density at radius 2 is 1.58 bits per heavy atom. The summed E-state index contributed by atoms with van der Waals surface area (Å²) < 4.78 is 39.0. The molecule has 0 aliphatic heterocycles. The summed E-state index contributed by atoms with van der Waals surface area (Å²) in [6, 6.07) is 13.7. The zero-order valence-corrected chi connectivity index (χ0v) is 19.3. The number of benzene rings is 2. The standard InChI is InChI=1S/C20H25NO6S.C2H6O/c1-20(2,3)26-19(23)21-16(14-22)13-15-9-11-17(12-10-15)27-28(24,25)18-7-5-4-6-8-18;1-3-2/h4-12,16,22H,13-14H2,1-3H3,(H,21,23);1-2H3. The van der Waals surface area contributed by atoms with Crippen LogP contribution in [0.4, 0.5) is 4.79 Å². The molecule has 2 N–H and O–H groups in total. The van der Waals surface area contributed by atoms with Crippen LogP contribution in [0.15, 0.2) is 59.5 Å². The van der Waals surface area contributed by atoms with E-state index in [0.29, 0.717) is 6.42 Å². The highest BCUT2D eigenvalue weighted by Crippen LogP contribution is 2.19. The van der Waals surface area contributed by atoms with Crippen LogP contribution in [0.5, 0.6) is 5.75 Å². The molecule has 1 amide bonds. The summed E-state index contributed by atoms with van der Waals surface area (Å²) in [6.07, 6.45) is -0.262. The molecular weight excluding hydrogens is 422 g/mol. The van der Waals surface area contributed by atoms with Crippen LogP contribution in [0.25, 0.3) is 0 Å². The second-order valence-electron chi connectivity index (χ2n) is 7.63. The van der Waals surface area contributed by atoms with Crippen molar-refractivity contribution in [3.63, 3.8) is 0 Å². The molecule has 1 atom stereocenters. The van der Waals surface area contributed by atoms with Crippen molar-refractivity contribution in [3.8, 4) is 5.75 Å². The normalized spacial score (nSPS) is 12.2. The highest BCUT2D eigenvalue weighted by molar-refractivity contribution is 7.87. The summed E-state index contributed by atoms with van der Waals surface area (Å²) >= 11 is 0. The lowest BCUT2D eigenvalue weighted by atomic mass is 10.1. The predicted octanol–water partition coefficient (Wildman–Crippen LogP) is 3.15. The van der Waals surface area contributed by atoms with Crippen molar-refractivity contribution in [1.82, 2.24) is 5.32 Å². The number of hydrogen-bond donors (Lipinski definition) is 2. The molecule has 0 radical (unpaired) electrons. The molecule has 2 rings (SSSR count). The van der Waals surface area contributed by atoms with Crippen molar-refractivity contribution in [1.29, 1.82) is 0 Å². The molecule has 0 saturated heterocycles. The van der Waals surface area contributed by atoms with Gasteiger partial charge >= 0.3 is 16.2 Å². The zero-order chi connectivity index (χ0) is 23.5. The third kappa shape index (κ3) is 10.3. The smallest absolute Gasteiger partial charge is 0.407 e. The van der Waals surface area contributed by atoms with Gasteiger partial charge < -0.3 is 24.1 Å². The number of aliphatic hydroxyl groups is 1. The van der Waals surface area contributed by atoms with Crippen molar-refractivity contribution in [3.05, 3.63) is 60.2 Å². The number of carbonyl (C=O) groups is 1. The molecule has 172 valence electrons. The summed E-state index contributed by atoms with van der Waals surface area (Å²) in [5, 5.41) is 12.1. The molecule has 9 heteroatoms. The number of carbonyl (C=O) groups excluding carboxylic acids is 1. The summed E-state index contributed by atoms with van der Waals surface area (Å²) in [5.41, 5.74) is 0.160. The Labute approximate surface area is 184 Å². The maximum atomic E-state index is 12.2. The SMILES string of the molecule is CC(C)(C)OC(=O)NC(CO)Cc1ccc(OS(=O)(=O)c2ccccc2)cc1.COC. The molecule has 2 aromatic carbocycles. The van der Waals surface area contributed by atoms with Gasteiger partial charge in [0.05, 0.1) is 12.6 Å². The Hall–Kier alpha value is -2.62. The van der Waals surface area contributed by atoms with Gasteiger partial charge in [0.15, 0.2) is 0 Å². The van der Waals surface area contributed by atoms with Gasteiger partial charge in [0.2, 0.25) is 0 Å². The zero-order valence-electron chi connectivity index (χ0n) is 18.5. The van der Waals surface area contributed by atoms with Crippen molar-refractivity contribution in [2.75, 3.05) is 20.8 Å². The largest absolute Gasteiger partial charge is 0.444 e. The molecule has 1 unspecified atom stereocenters. The molecular formula is C22H31NO7S. The minimum atomic E-state index is -3.90. The van der Waals surface area contributed by atoms with Gasteiger partial charge in [-0.2, -0.15) is 8.42 Å². The van der Waals surface area contributed by atoms with Crippen LogP contribution in [0, 0.1) is 0 Å². The summed E-state index contributed by atoms with van der Waals surface area (Å²) in [5.74, 6) is 0.174. The number of nitrogens with one attached hydrogen (secondary N) is 1. The monoisotopic (exact) mass is 453 g/mol. The number of ether oxygens (including phenoxy) is 2. The van der Waals surface area contributed by atoms with Gasteiger partial charge in [-0.15, -0.1) is 0 Å². The highest BCUT2D eigenvalue weighted by Gasteiger charge is 2.20. The Morgan fingerprint density at radius 3 is 2.06 bits per heavy atom. The van der Waals surface area contributed by atoms with Crippen molar-refractivity contribution in [2.24, 2.45) is 0 Å². The first-order chi connectivity index (χ1) is 14.5. The number of hydrogen-bond acceptors (Lipinski definition) is 7. The fourth-order valence-electron chi connectivity index (χ4n) is 2.36. The van der Waals surface area contributed by atoms with Crippen LogP contribution in [-0.2, 0) is 26.0 Å². The first kappa shape index (κ1) is 26.4. The molecule has 0 aliphatic rings. The van der Waals surface area contributed by atoms with Crippen LogP contribution >= 0.6 is 0 Å². The van der Waals surface area contributed by atoms with Crippen LogP contribution in [-0.4, -0.2) is 52.1 Å². The van der Waals surface area contributed by atoms with Gasteiger partial charge in [0.25, 0.3) is 0 Å². The van der Waals surface area contributed by atoms with E-state index in [1.54, 1.807) is 65.3 Å². The summed E-state index contributed by atoms with van der Waals surface area (Å²) in [6.45, 7) is 4.99. The average molecular weight is 454 g/mol. The Morgan fingerprint density at radius 1 is 1.03 bits per heavy atom. The number of aliphatic hydroxyl groups excluding tert-OH is 1. The van der Waals surface area contributed by atoms with Gasteiger partial charge in [0.1, 0.15) is 16.2 Å².